The fourth-order valence-electron chi connectivity index (χ4n) is 2.99. The highest BCUT2D eigenvalue weighted by Crippen LogP contribution is 2.21. The number of pyridine rings is 1. The number of hydrogen-bond donors (Lipinski definition) is 3. The first-order valence-electron chi connectivity index (χ1n) is 9.67. The van der Waals surface area contributed by atoms with Crippen LogP contribution in [-0.4, -0.2) is 51.5 Å². The van der Waals surface area contributed by atoms with Crippen LogP contribution in [0.1, 0.15) is 5.82 Å². The van der Waals surface area contributed by atoms with Gasteiger partial charge in [-0.05, 0) is 43.3 Å². The standard InChI is InChI=1S/C21H21N7O3/c1-14-23-18(12-19(24-14)27-17-4-2-3-9-22-17)25-15-5-7-16(8-6-15)26-20(29)13-28-10-11-31-21(28)30/h2-9,12H,10-11,13H2,1H3,(H,26,29)(H2,22,23,24,25,27). The Hall–Kier alpha value is -4.21. The van der Waals surface area contributed by atoms with Crippen LogP contribution >= 0.6 is 0 Å². The Balaban J connectivity index is 1.37. The van der Waals surface area contributed by atoms with E-state index in [1.165, 1.54) is 4.90 Å². The maximum absolute atomic E-state index is 12.1. The van der Waals surface area contributed by atoms with E-state index in [1.807, 2.05) is 37.3 Å². The van der Waals surface area contributed by atoms with Gasteiger partial charge in [-0.1, -0.05) is 6.07 Å². The molecule has 3 N–H and O–H groups in total. The van der Waals surface area contributed by atoms with Gasteiger partial charge in [-0.15, -0.1) is 0 Å². The average Bonchev–Trinajstić information content (AvgIpc) is 3.14. The minimum absolute atomic E-state index is 0.0366. The van der Waals surface area contributed by atoms with Crippen LogP contribution in [0, 0.1) is 6.92 Å². The average molecular weight is 419 g/mol. The van der Waals surface area contributed by atoms with Gasteiger partial charge in [0.05, 0.1) is 6.54 Å². The molecule has 1 fully saturated rings. The Bertz CT molecular complexity index is 1070. The van der Waals surface area contributed by atoms with E-state index in [4.69, 9.17) is 4.74 Å². The first-order valence-corrected chi connectivity index (χ1v) is 9.67. The normalized spacial score (nSPS) is 12.9. The summed E-state index contributed by atoms with van der Waals surface area (Å²) in [6.07, 6.45) is 1.24. The third kappa shape index (κ3) is 5.44. The molecule has 1 aliphatic heterocycles. The van der Waals surface area contributed by atoms with E-state index in [2.05, 4.69) is 30.9 Å². The summed E-state index contributed by atoms with van der Waals surface area (Å²) in [4.78, 5) is 37.9. The third-order valence-electron chi connectivity index (χ3n) is 4.38. The number of rotatable bonds is 7. The molecule has 2 amide bonds. The van der Waals surface area contributed by atoms with Crippen LogP contribution in [0.2, 0.25) is 0 Å². The minimum Gasteiger partial charge on any atom is -0.448 e. The number of anilines is 5. The van der Waals surface area contributed by atoms with Crippen molar-refractivity contribution in [2.45, 2.75) is 6.92 Å². The highest BCUT2D eigenvalue weighted by atomic mass is 16.6. The molecule has 1 saturated heterocycles. The minimum atomic E-state index is -0.466. The van der Waals surface area contributed by atoms with E-state index >= 15 is 0 Å². The lowest BCUT2D eigenvalue weighted by atomic mass is 10.2. The highest BCUT2D eigenvalue weighted by molar-refractivity contribution is 5.94. The second-order valence-electron chi connectivity index (χ2n) is 6.81. The molecule has 158 valence electrons. The summed E-state index contributed by atoms with van der Waals surface area (Å²) < 4.78 is 4.82. The molecule has 4 rings (SSSR count). The Labute approximate surface area is 178 Å². The molecular weight excluding hydrogens is 398 g/mol. The largest absolute Gasteiger partial charge is 0.448 e. The monoisotopic (exact) mass is 419 g/mol. The van der Waals surface area contributed by atoms with Gasteiger partial charge in [0.1, 0.15) is 36.4 Å². The van der Waals surface area contributed by atoms with Crippen LogP contribution in [0.15, 0.2) is 54.7 Å². The first-order chi connectivity index (χ1) is 15.0. The second-order valence-corrected chi connectivity index (χ2v) is 6.81. The summed E-state index contributed by atoms with van der Waals surface area (Å²) in [6.45, 7) is 2.51. The number of amides is 2. The maximum atomic E-state index is 12.1. The van der Waals surface area contributed by atoms with E-state index in [0.29, 0.717) is 42.1 Å². The van der Waals surface area contributed by atoms with Crippen molar-refractivity contribution in [1.82, 2.24) is 19.9 Å². The zero-order valence-corrected chi connectivity index (χ0v) is 16.8. The van der Waals surface area contributed by atoms with Gasteiger partial charge >= 0.3 is 6.09 Å². The summed E-state index contributed by atoms with van der Waals surface area (Å²) in [5.74, 6) is 2.26. The zero-order chi connectivity index (χ0) is 21.6. The van der Waals surface area contributed by atoms with Crippen molar-refractivity contribution in [1.29, 1.82) is 0 Å². The molecule has 0 aliphatic carbocycles. The smallest absolute Gasteiger partial charge is 0.410 e. The lowest BCUT2D eigenvalue weighted by Crippen LogP contribution is -2.33. The second kappa shape index (κ2) is 9.08. The van der Waals surface area contributed by atoms with Crippen LogP contribution in [0.5, 0.6) is 0 Å². The van der Waals surface area contributed by atoms with E-state index in [0.717, 1.165) is 5.69 Å². The van der Waals surface area contributed by atoms with Crippen molar-refractivity contribution in [2.75, 3.05) is 35.6 Å². The molecular formula is C21H21N7O3. The van der Waals surface area contributed by atoms with Crippen molar-refractivity contribution < 1.29 is 14.3 Å². The number of ether oxygens (including phenoxy) is 1. The molecule has 2 aromatic heterocycles. The molecule has 31 heavy (non-hydrogen) atoms. The van der Waals surface area contributed by atoms with E-state index in [1.54, 1.807) is 24.4 Å². The molecule has 0 saturated carbocycles. The molecule has 3 aromatic rings. The van der Waals surface area contributed by atoms with E-state index in [-0.39, 0.29) is 12.5 Å². The predicted molar refractivity (Wildman–Crippen MR) is 116 cm³/mol. The number of carbonyl (C=O) groups is 2. The van der Waals surface area contributed by atoms with Crippen molar-refractivity contribution in [3.63, 3.8) is 0 Å². The molecule has 3 heterocycles. The molecule has 0 radical (unpaired) electrons. The molecule has 1 aromatic carbocycles. The fourth-order valence-corrected chi connectivity index (χ4v) is 2.99. The van der Waals surface area contributed by atoms with Gasteiger partial charge < -0.3 is 20.7 Å². The molecule has 1 aliphatic rings. The summed E-state index contributed by atoms with van der Waals surface area (Å²) >= 11 is 0. The number of hydrogen-bond acceptors (Lipinski definition) is 8. The van der Waals surface area contributed by atoms with Crippen molar-refractivity contribution in [3.8, 4) is 0 Å². The van der Waals surface area contributed by atoms with Crippen LogP contribution in [0.25, 0.3) is 0 Å². The quantitative estimate of drug-likeness (QED) is 0.534. The lowest BCUT2D eigenvalue weighted by Gasteiger charge is -2.13. The van der Waals surface area contributed by atoms with E-state index in [9.17, 15) is 9.59 Å². The van der Waals surface area contributed by atoms with E-state index < -0.39 is 6.09 Å². The van der Waals surface area contributed by atoms with Crippen LogP contribution in [0.4, 0.5) is 33.6 Å². The number of nitrogens with one attached hydrogen (secondary N) is 3. The highest BCUT2D eigenvalue weighted by Gasteiger charge is 2.24. The van der Waals surface area contributed by atoms with Gasteiger partial charge in [0.25, 0.3) is 0 Å². The van der Waals surface area contributed by atoms with Crippen molar-refractivity contribution in [2.24, 2.45) is 0 Å². The fraction of sp³-hybridized carbons (Fsp3) is 0.190. The number of cyclic esters (lactones) is 1. The van der Waals surface area contributed by atoms with Crippen LogP contribution in [0.3, 0.4) is 0 Å². The summed E-state index contributed by atoms with van der Waals surface area (Å²) in [6, 6.07) is 14.5. The van der Waals surface area contributed by atoms with Crippen molar-refractivity contribution in [3.05, 3.63) is 60.6 Å². The predicted octanol–water partition coefficient (Wildman–Crippen LogP) is 3.06. The number of aryl methyl sites for hydroxylation is 1. The lowest BCUT2D eigenvalue weighted by molar-refractivity contribution is -0.116. The molecule has 0 spiro atoms. The molecule has 0 atom stereocenters. The Morgan fingerprint density at radius 1 is 1.03 bits per heavy atom. The van der Waals surface area contributed by atoms with Gasteiger partial charge in [-0.25, -0.2) is 19.7 Å². The SMILES string of the molecule is Cc1nc(Nc2ccc(NC(=O)CN3CCOC3=O)cc2)cc(Nc2ccccn2)n1. The number of carbonyl (C=O) groups excluding carboxylic acids is 2. The van der Waals surface area contributed by atoms with Gasteiger partial charge in [0, 0.05) is 23.6 Å². The number of aromatic nitrogens is 3. The van der Waals surface area contributed by atoms with Gasteiger partial charge in [-0.3, -0.25) is 9.69 Å². The van der Waals surface area contributed by atoms with Gasteiger partial charge in [0.2, 0.25) is 5.91 Å². The molecule has 0 bridgehead atoms. The van der Waals surface area contributed by atoms with Gasteiger partial charge in [-0.2, -0.15) is 0 Å². The third-order valence-corrected chi connectivity index (χ3v) is 4.38. The van der Waals surface area contributed by atoms with Crippen molar-refractivity contribution >= 4 is 40.8 Å². The number of nitrogens with zero attached hydrogens (tertiary/aromatic N) is 4. The maximum Gasteiger partial charge on any atom is 0.410 e. The Kier molecular flexibility index (Phi) is 5.88. The van der Waals surface area contributed by atoms with Crippen LogP contribution in [-0.2, 0) is 9.53 Å². The summed E-state index contributed by atoms with van der Waals surface area (Å²) in [5.41, 5.74) is 1.42. The van der Waals surface area contributed by atoms with Gasteiger partial charge in [0.15, 0.2) is 0 Å². The Morgan fingerprint density at radius 2 is 1.77 bits per heavy atom. The molecule has 10 heteroatoms. The summed E-state index contributed by atoms with van der Waals surface area (Å²) in [5, 5.41) is 9.14. The zero-order valence-electron chi connectivity index (χ0n) is 16.8. The Morgan fingerprint density at radius 3 is 2.45 bits per heavy atom. The molecule has 0 unspecified atom stereocenters. The number of benzene rings is 1. The summed E-state index contributed by atoms with van der Waals surface area (Å²) in [7, 11) is 0. The van der Waals surface area contributed by atoms with Crippen LogP contribution < -0.4 is 16.0 Å². The topological polar surface area (TPSA) is 121 Å². The molecule has 10 nitrogen and oxygen atoms in total. The first kappa shape index (κ1) is 20.1.